The van der Waals surface area contributed by atoms with Gasteiger partial charge in [0.2, 0.25) is 5.91 Å². The smallest absolute Gasteiger partial charge is 0.220 e. The van der Waals surface area contributed by atoms with Crippen LogP contribution >= 0.6 is 11.8 Å². The molecule has 0 aliphatic rings. The molecule has 18 heavy (non-hydrogen) atoms. The van der Waals surface area contributed by atoms with E-state index in [0.29, 0.717) is 19.4 Å². The number of aliphatic hydroxyl groups excluding tert-OH is 1. The van der Waals surface area contributed by atoms with Crippen molar-refractivity contribution in [1.82, 2.24) is 5.32 Å². The standard InChI is InChI=1S/C14H21NO2S/c1-11-4-5-13(10-12(11)2)18-9-6-14(17)15-7-3-8-16/h4-5,10,16H,3,6-9H2,1-2H3,(H,15,17). The van der Waals surface area contributed by atoms with Crippen LogP contribution in [0, 0.1) is 13.8 Å². The lowest BCUT2D eigenvalue weighted by Gasteiger charge is -2.06. The van der Waals surface area contributed by atoms with Crippen molar-refractivity contribution in [3.63, 3.8) is 0 Å². The number of rotatable bonds is 7. The van der Waals surface area contributed by atoms with Crippen LogP contribution in [0.2, 0.25) is 0 Å². The van der Waals surface area contributed by atoms with Gasteiger partial charge in [-0.15, -0.1) is 11.8 Å². The van der Waals surface area contributed by atoms with Crippen molar-refractivity contribution in [3.8, 4) is 0 Å². The number of aliphatic hydroxyl groups is 1. The van der Waals surface area contributed by atoms with E-state index in [1.54, 1.807) is 11.8 Å². The highest BCUT2D eigenvalue weighted by atomic mass is 32.2. The molecule has 0 atom stereocenters. The fourth-order valence-corrected chi connectivity index (χ4v) is 2.41. The summed E-state index contributed by atoms with van der Waals surface area (Å²) in [4.78, 5) is 12.6. The molecule has 0 radical (unpaired) electrons. The van der Waals surface area contributed by atoms with Gasteiger partial charge in [-0.1, -0.05) is 6.07 Å². The minimum atomic E-state index is 0.0554. The van der Waals surface area contributed by atoms with Crippen LogP contribution in [-0.4, -0.2) is 29.9 Å². The van der Waals surface area contributed by atoms with Crippen LogP contribution in [0.1, 0.15) is 24.0 Å². The molecule has 0 saturated heterocycles. The number of hydrogen-bond donors (Lipinski definition) is 2. The van der Waals surface area contributed by atoms with Gasteiger partial charge in [0.15, 0.2) is 0 Å². The average Bonchev–Trinajstić information content (AvgIpc) is 2.34. The molecule has 0 spiro atoms. The Morgan fingerprint density at radius 2 is 2.11 bits per heavy atom. The summed E-state index contributed by atoms with van der Waals surface area (Å²) in [5.41, 5.74) is 2.58. The number of amides is 1. The van der Waals surface area contributed by atoms with Crippen molar-refractivity contribution in [2.45, 2.75) is 31.6 Å². The van der Waals surface area contributed by atoms with Crippen molar-refractivity contribution >= 4 is 17.7 Å². The number of thioether (sulfide) groups is 1. The predicted octanol–water partition coefficient (Wildman–Crippen LogP) is 2.28. The van der Waals surface area contributed by atoms with E-state index in [2.05, 4.69) is 37.4 Å². The monoisotopic (exact) mass is 267 g/mol. The van der Waals surface area contributed by atoms with Crippen LogP contribution in [0.15, 0.2) is 23.1 Å². The first-order valence-corrected chi connectivity index (χ1v) is 7.19. The lowest BCUT2D eigenvalue weighted by molar-refractivity contribution is -0.120. The fourth-order valence-electron chi connectivity index (χ4n) is 1.46. The first kappa shape index (κ1) is 15.1. The van der Waals surface area contributed by atoms with Gasteiger partial charge in [-0.25, -0.2) is 0 Å². The Bertz CT molecular complexity index is 393. The minimum absolute atomic E-state index is 0.0554. The maximum atomic E-state index is 11.4. The Morgan fingerprint density at radius 3 is 2.78 bits per heavy atom. The molecule has 2 N–H and O–H groups in total. The second-order valence-corrected chi connectivity index (χ2v) is 5.44. The van der Waals surface area contributed by atoms with Gasteiger partial charge in [0.1, 0.15) is 0 Å². The molecule has 0 fully saturated rings. The second-order valence-electron chi connectivity index (χ2n) is 4.27. The van der Waals surface area contributed by atoms with E-state index < -0.39 is 0 Å². The third-order valence-electron chi connectivity index (χ3n) is 2.73. The van der Waals surface area contributed by atoms with Gasteiger partial charge in [-0.3, -0.25) is 4.79 Å². The molecule has 3 nitrogen and oxygen atoms in total. The molecule has 0 heterocycles. The Hall–Kier alpha value is -1.00. The third kappa shape index (κ3) is 5.56. The zero-order valence-electron chi connectivity index (χ0n) is 11.0. The summed E-state index contributed by atoms with van der Waals surface area (Å²) < 4.78 is 0. The molecule has 1 aromatic rings. The molecule has 1 rings (SSSR count). The van der Waals surface area contributed by atoms with Crippen LogP contribution in [0.5, 0.6) is 0 Å². The first-order chi connectivity index (χ1) is 8.63. The predicted molar refractivity (Wildman–Crippen MR) is 76.0 cm³/mol. The van der Waals surface area contributed by atoms with Crippen LogP contribution in [0.3, 0.4) is 0 Å². The molecular formula is C14H21NO2S. The summed E-state index contributed by atoms with van der Waals surface area (Å²) in [5.74, 6) is 0.841. The Kier molecular flexibility index (Phi) is 6.83. The van der Waals surface area contributed by atoms with Crippen LogP contribution < -0.4 is 5.32 Å². The molecular weight excluding hydrogens is 246 g/mol. The highest BCUT2D eigenvalue weighted by molar-refractivity contribution is 7.99. The number of hydrogen-bond acceptors (Lipinski definition) is 3. The molecule has 0 aliphatic carbocycles. The summed E-state index contributed by atoms with van der Waals surface area (Å²) in [5, 5.41) is 11.4. The SMILES string of the molecule is Cc1ccc(SCCC(=O)NCCCO)cc1C. The highest BCUT2D eigenvalue weighted by Gasteiger charge is 2.02. The van der Waals surface area contributed by atoms with E-state index >= 15 is 0 Å². The second kappa shape index (κ2) is 8.16. The maximum Gasteiger partial charge on any atom is 0.220 e. The van der Waals surface area contributed by atoms with Gasteiger partial charge in [-0.05, 0) is 43.5 Å². The summed E-state index contributed by atoms with van der Waals surface area (Å²) in [7, 11) is 0. The van der Waals surface area contributed by atoms with Crippen LogP contribution in [0.25, 0.3) is 0 Å². The van der Waals surface area contributed by atoms with E-state index in [-0.39, 0.29) is 12.5 Å². The van der Waals surface area contributed by atoms with Crippen molar-refractivity contribution in [2.24, 2.45) is 0 Å². The van der Waals surface area contributed by atoms with Crippen LogP contribution in [-0.2, 0) is 4.79 Å². The zero-order chi connectivity index (χ0) is 13.4. The van der Waals surface area contributed by atoms with Crippen molar-refractivity contribution in [2.75, 3.05) is 18.9 Å². The molecule has 1 amide bonds. The third-order valence-corrected chi connectivity index (χ3v) is 3.73. The lowest BCUT2D eigenvalue weighted by atomic mass is 10.1. The van der Waals surface area contributed by atoms with E-state index in [0.717, 1.165) is 5.75 Å². The van der Waals surface area contributed by atoms with Crippen LogP contribution in [0.4, 0.5) is 0 Å². The number of aryl methyl sites for hydroxylation is 2. The van der Waals surface area contributed by atoms with Gasteiger partial charge in [0, 0.05) is 30.2 Å². The van der Waals surface area contributed by atoms with Gasteiger partial charge in [-0.2, -0.15) is 0 Å². The normalized spacial score (nSPS) is 10.4. The number of carbonyl (C=O) groups excluding carboxylic acids is 1. The molecule has 0 aliphatic heterocycles. The quantitative estimate of drug-likeness (QED) is 0.588. The zero-order valence-corrected chi connectivity index (χ0v) is 11.8. The topological polar surface area (TPSA) is 49.3 Å². The Labute approximate surface area is 113 Å². The molecule has 100 valence electrons. The van der Waals surface area contributed by atoms with E-state index in [1.807, 2.05) is 0 Å². The highest BCUT2D eigenvalue weighted by Crippen LogP contribution is 2.21. The Morgan fingerprint density at radius 1 is 1.33 bits per heavy atom. The summed E-state index contributed by atoms with van der Waals surface area (Å²) >= 11 is 1.70. The molecule has 4 heteroatoms. The number of benzene rings is 1. The average molecular weight is 267 g/mol. The van der Waals surface area contributed by atoms with Gasteiger partial charge in [0.05, 0.1) is 0 Å². The number of nitrogens with one attached hydrogen (secondary N) is 1. The van der Waals surface area contributed by atoms with Crippen molar-refractivity contribution < 1.29 is 9.90 Å². The maximum absolute atomic E-state index is 11.4. The molecule has 0 saturated carbocycles. The number of carbonyl (C=O) groups is 1. The van der Waals surface area contributed by atoms with Gasteiger partial charge >= 0.3 is 0 Å². The fraction of sp³-hybridized carbons (Fsp3) is 0.500. The summed E-state index contributed by atoms with van der Waals surface area (Å²) in [6, 6.07) is 6.36. The van der Waals surface area contributed by atoms with E-state index in [9.17, 15) is 4.79 Å². The lowest BCUT2D eigenvalue weighted by Crippen LogP contribution is -2.25. The van der Waals surface area contributed by atoms with Crippen molar-refractivity contribution in [1.29, 1.82) is 0 Å². The Balaban J connectivity index is 2.24. The van der Waals surface area contributed by atoms with Gasteiger partial charge in [0.25, 0.3) is 0 Å². The van der Waals surface area contributed by atoms with E-state index in [4.69, 9.17) is 5.11 Å². The minimum Gasteiger partial charge on any atom is -0.396 e. The largest absolute Gasteiger partial charge is 0.396 e. The molecule has 0 aromatic heterocycles. The summed E-state index contributed by atoms with van der Waals surface area (Å²) in [6.45, 7) is 4.88. The molecule has 0 unspecified atom stereocenters. The summed E-state index contributed by atoms with van der Waals surface area (Å²) in [6.07, 6.45) is 1.14. The van der Waals surface area contributed by atoms with Crippen molar-refractivity contribution in [3.05, 3.63) is 29.3 Å². The van der Waals surface area contributed by atoms with E-state index in [1.165, 1.54) is 16.0 Å². The molecule has 0 bridgehead atoms. The molecule has 1 aromatic carbocycles. The first-order valence-electron chi connectivity index (χ1n) is 6.21. The van der Waals surface area contributed by atoms with Gasteiger partial charge < -0.3 is 10.4 Å².